The Balaban J connectivity index is 2.14. The molecule has 5 heteroatoms. The highest BCUT2D eigenvalue weighted by Gasteiger charge is 2.42. The third kappa shape index (κ3) is 2.22. The predicted molar refractivity (Wildman–Crippen MR) is 73.1 cm³/mol. The molecule has 0 atom stereocenters. The fourth-order valence-corrected chi connectivity index (χ4v) is 2.93. The zero-order valence-corrected chi connectivity index (χ0v) is 12.8. The van der Waals surface area contributed by atoms with Crippen LogP contribution in [-0.2, 0) is 6.54 Å². The lowest BCUT2D eigenvalue weighted by atomic mass is 10.1. The van der Waals surface area contributed by atoms with Gasteiger partial charge in [0.15, 0.2) is 0 Å². The summed E-state index contributed by atoms with van der Waals surface area (Å²) in [5.41, 5.74) is 0.531. The van der Waals surface area contributed by atoms with E-state index in [2.05, 4.69) is 70.7 Å². The molecule has 1 saturated carbocycles. The minimum atomic E-state index is 0.531. The van der Waals surface area contributed by atoms with Crippen molar-refractivity contribution in [2.24, 2.45) is 5.41 Å². The van der Waals surface area contributed by atoms with E-state index < -0.39 is 0 Å². The van der Waals surface area contributed by atoms with Crippen LogP contribution >= 0.6 is 61.1 Å². The van der Waals surface area contributed by atoms with E-state index >= 15 is 0 Å². The molecule has 0 bridgehead atoms. The topological polar surface area (TPSA) is 17.8 Å². The van der Waals surface area contributed by atoms with Crippen LogP contribution in [-0.4, -0.2) is 14.9 Å². The largest absolute Gasteiger partial charge is 0.325 e. The molecule has 0 aliphatic heterocycles. The number of hydrogen-bond donors (Lipinski definition) is 0. The molecular formula is C8H9BrI2N2. The Morgan fingerprint density at radius 2 is 2.23 bits per heavy atom. The first-order valence-corrected chi connectivity index (χ1v) is 7.37. The molecule has 1 aromatic rings. The summed E-state index contributed by atoms with van der Waals surface area (Å²) in [4.78, 5) is 4.29. The van der Waals surface area contributed by atoms with Gasteiger partial charge in [0.2, 0.25) is 0 Å². The number of nitrogens with zero attached hydrogens (tertiary/aromatic N) is 2. The summed E-state index contributed by atoms with van der Waals surface area (Å²) in [5.74, 6) is 0. The molecule has 0 unspecified atom stereocenters. The Labute approximate surface area is 113 Å². The summed E-state index contributed by atoms with van der Waals surface area (Å²) in [6, 6.07) is 0. The molecule has 1 aliphatic carbocycles. The molecular weight excluding hydrogens is 458 g/mol. The molecule has 0 amide bonds. The second kappa shape index (κ2) is 3.96. The van der Waals surface area contributed by atoms with E-state index in [1.54, 1.807) is 0 Å². The number of halogens is 3. The van der Waals surface area contributed by atoms with Gasteiger partial charge in [-0.25, -0.2) is 4.98 Å². The molecule has 2 rings (SSSR count). The van der Waals surface area contributed by atoms with E-state index in [1.807, 2.05) is 6.33 Å². The first kappa shape index (κ1) is 10.7. The van der Waals surface area contributed by atoms with Crippen LogP contribution in [0, 0.1) is 12.8 Å². The number of hydrogen-bond acceptors (Lipinski definition) is 1. The lowest BCUT2D eigenvalue weighted by Crippen LogP contribution is -2.13. The van der Waals surface area contributed by atoms with Crippen LogP contribution in [0.5, 0.6) is 0 Å². The van der Waals surface area contributed by atoms with Crippen molar-refractivity contribution in [2.45, 2.75) is 19.4 Å². The molecule has 13 heavy (non-hydrogen) atoms. The van der Waals surface area contributed by atoms with Crippen molar-refractivity contribution >= 4 is 61.1 Å². The molecule has 0 radical (unpaired) electrons. The van der Waals surface area contributed by atoms with Crippen molar-refractivity contribution in [3.8, 4) is 0 Å². The predicted octanol–water partition coefficient (Wildman–Crippen LogP) is 3.27. The van der Waals surface area contributed by atoms with E-state index in [1.165, 1.54) is 16.5 Å². The van der Waals surface area contributed by atoms with Crippen molar-refractivity contribution in [1.82, 2.24) is 9.55 Å². The maximum atomic E-state index is 4.29. The summed E-state index contributed by atoms with van der Waals surface area (Å²) in [6.07, 6.45) is 4.65. The summed E-state index contributed by atoms with van der Waals surface area (Å²) < 4.78 is 4.64. The second-order valence-electron chi connectivity index (χ2n) is 3.59. The molecule has 1 heterocycles. The van der Waals surface area contributed by atoms with Gasteiger partial charge >= 0.3 is 0 Å². The summed E-state index contributed by atoms with van der Waals surface area (Å²) >= 11 is 8.22. The van der Waals surface area contributed by atoms with Gasteiger partial charge in [0.05, 0.1) is 6.33 Å². The number of rotatable bonds is 3. The van der Waals surface area contributed by atoms with Crippen LogP contribution in [0.1, 0.15) is 12.8 Å². The SMILES string of the molecule is BrCC1(Cn2cnc(I)c2I)CC1. The molecule has 0 N–H and O–H groups in total. The van der Waals surface area contributed by atoms with E-state index in [0.717, 1.165) is 15.6 Å². The van der Waals surface area contributed by atoms with Gasteiger partial charge in [0.25, 0.3) is 0 Å². The van der Waals surface area contributed by atoms with Crippen LogP contribution in [0.15, 0.2) is 6.33 Å². The fourth-order valence-electron chi connectivity index (χ4n) is 1.33. The van der Waals surface area contributed by atoms with Crippen molar-refractivity contribution in [3.63, 3.8) is 0 Å². The molecule has 2 nitrogen and oxygen atoms in total. The number of alkyl halides is 1. The van der Waals surface area contributed by atoms with Crippen molar-refractivity contribution in [2.75, 3.05) is 5.33 Å². The highest BCUT2D eigenvalue weighted by Crippen LogP contribution is 2.48. The first-order chi connectivity index (χ1) is 6.17. The molecule has 1 fully saturated rings. The van der Waals surface area contributed by atoms with Gasteiger partial charge in [0, 0.05) is 11.9 Å². The van der Waals surface area contributed by atoms with Crippen LogP contribution < -0.4 is 0 Å². The van der Waals surface area contributed by atoms with Crippen molar-refractivity contribution in [1.29, 1.82) is 0 Å². The normalized spacial score (nSPS) is 19.0. The van der Waals surface area contributed by atoms with Crippen LogP contribution in [0.4, 0.5) is 0 Å². The molecule has 0 saturated heterocycles. The van der Waals surface area contributed by atoms with Gasteiger partial charge in [-0.3, -0.25) is 0 Å². The van der Waals surface area contributed by atoms with Gasteiger partial charge < -0.3 is 4.57 Å². The molecule has 72 valence electrons. The van der Waals surface area contributed by atoms with E-state index in [4.69, 9.17) is 0 Å². The smallest absolute Gasteiger partial charge is 0.132 e. The van der Waals surface area contributed by atoms with Gasteiger partial charge in [-0.1, -0.05) is 15.9 Å². The third-order valence-corrected chi connectivity index (χ3v) is 6.62. The van der Waals surface area contributed by atoms with Crippen LogP contribution in [0.2, 0.25) is 0 Å². The minimum absolute atomic E-state index is 0.531. The molecule has 0 spiro atoms. The summed E-state index contributed by atoms with van der Waals surface area (Å²) in [6.45, 7) is 1.12. The van der Waals surface area contributed by atoms with E-state index in [-0.39, 0.29) is 0 Å². The van der Waals surface area contributed by atoms with Crippen molar-refractivity contribution < 1.29 is 0 Å². The Kier molecular flexibility index (Phi) is 3.24. The quantitative estimate of drug-likeness (QED) is 0.494. The zero-order valence-electron chi connectivity index (χ0n) is 6.93. The average molecular weight is 467 g/mol. The second-order valence-corrected chi connectivity index (χ2v) is 6.19. The van der Waals surface area contributed by atoms with Crippen LogP contribution in [0.3, 0.4) is 0 Å². The standard InChI is InChI=1S/C8H9BrI2N2/c9-3-8(1-2-8)4-13-5-12-6(10)7(13)11/h5H,1-4H2. The van der Waals surface area contributed by atoms with Crippen molar-refractivity contribution in [3.05, 3.63) is 13.7 Å². The van der Waals surface area contributed by atoms with Gasteiger partial charge in [0.1, 0.15) is 7.40 Å². The Morgan fingerprint density at radius 1 is 1.54 bits per heavy atom. The Hall–Kier alpha value is 1.15. The lowest BCUT2D eigenvalue weighted by molar-refractivity contribution is 0.469. The third-order valence-electron chi connectivity index (χ3n) is 2.48. The van der Waals surface area contributed by atoms with Gasteiger partial charge in [-0.05, 0) is 63.4 Å². The monoisotopic (exact) mass is 466 g/mol. The van der Waals surface area contributed by atoms with Crippen LogP contribution in [0.25, 0.3) is 0 Å². The molecule has 1 aromatic heterocycles. The van der Waals surface area contributed by atoms with Gasteiger partial charge in [-0.15, -0.1) is 0 Å². The highest BCUT2D eigenvalue weighted by atomic mass is 127. The maximum Gasteiger partial charge on any atom is 0.132 e. The zero-order chi connectivity index (χ0) is 9.47. The van der Waals surface area contributed by atoms with Gasteiger partial charge in [-0.2, -0.15) is 0 Å². The molecule has 1 aliphatic rings. The highest BCUT2D eigenvalue weighted by molar-refractivity contribution is 14.1. The van der Waals surface area contributed by atoms with E-state index in [9.17, 15) is 0 Å². The molecule has 0 aromatic carbocycles. The Morgan fingerprint density at radius 3 is 2.62 bits per heavy atom. The Bertz CT molecular complexity index is 320. The fraction of sp³-hybridized carbons (Fsp3) is 0.625. The lowest BCUT2D eigenvalue weighted by Gasteiger charge is -2.12. The summed E-state index contributed by atoms with van der Waals surface area (Å²) in [5, 5.41) is 1.12. The average Bonchev–Trinajstić information content (AvgIpc) is 2.85. The minimum Gasteiger partial charge on any atom is -0.325 e. The van der Waals surface area contributed by atoms with E-state index in [0.29, 0.717) is 5.41 Å². The number of aromatic nitrogens is 2. The number of imidazole rings is 1. The summed E-state index contributed by atoms with van der Waals surface area (Å²) in [7, 11) is 0. The first-order valence-electron chi connectivity index (χ1n) is 4.09. The maximum absolute atomic E-state index is 4.29.